The third-order valence-corrected chi connectivity index (χ3v) is 10.3. The summed E-state index contributed by atoms with van der Waals surface area (Å²) in [6.45, 7) is 0. The fraction of sp³-hybridized carbons (Fsp3) is 0.0769. The third-order valence-electron chi connectivity index (χ3n) is 2.45. The maximum Gasteiger partial charge on any atom is 0.0610 e. The summed E-state index contributed by atoms with van der Waals surface area (Å²) in [5, 5.41) is 0.907. The monoisotopic (exact) mass is 264 g/mol. The van der Waals surface area contributed by atoms with Crippen molar-refractivity contribution in [3.63, 3.8) is 0 Å². The highest BCUT2D eigenvalue weighted by Gasteiger charge is 2.20. The van der Waals surface area contributed by atoms with Crippen LogP contribution in [0.15, 0.2) is 60.7 Å². The van der Waals surface area contributed by atoms with Gasteiger partial charge < -0.3 is 0 Å². The lowest BCUT2D eigenvalue weighted by Crippen LogP contribution is -2.12. The first kappa shape index (κ1) is 11.9. The Bertz CT molecular complexity index is 450. The van der Waals surface area contributed by atoms with Crippen molar-refractivity contribution in [2.24, 2.45) is 0 Å². The summed E-state index contributed by atoms with van der Waals surface area (Å²) < 4.78 is 0. The summed E-state index contributed by atoms with van der Waals surface area (Å²) in [5.41, 5.74) is 0. The molecule has 0 atom stereocenters. The van der Waals surface area contributed by atoms with Crippen LogP contribution in [0.3, 0.4) is 0 Å². The van der Waals surface area contributed by atoms with Crippen molar-refractivity contribution in [3.05, 3.63) is 60.7 Å². The molecule has 0 amide bonds. The summed E-state index contributed by atoms with van der Waals surface area (Å²) in [7, 11) is 0. The molecule has 0 aliphatic heterocycles. The second kappa shape index (κ2) is 5.18. The third kappa shape index (κ3) is 2.24. The molecule has 2 aromatic rings. The lowest BCUT2D eigenvalue weighted by atomic mass is 10.4. The molecule has 0 saturated carbocycles. The van der Waals surface area contributed by atoms with Crippen LogP contribution in [0.1, 0.15) is 0 Å². The van der Waals surface area contributed by atoms with E-state index in [1.165, 1.54) is 10.6 Å². The van der Waals surface area contributed by atoms with Crippen LogP contribution in [0, 0.1) is 0 Å². The van der Waals surface area contributed by atoms with E-state index >= 15 is 0 Å². The van der Waals surface area contributed by atoms with E-state index in [0.29, 0.717) is 0 Å². The van der Waals surface area contributed by atoms with Crippen LogP contribution in [-0.4, -0.2) is 6.26 Å². The highest BCUT2D eigenvalue weighted by Crippen LogP contribution is 2.54. The van der Waals surface area contributed by atoms with E-state index in [4.69, 9.17) is 11.8 Å². The van der Waals surface area contributed by atoms with Crippen molar-refractivity contribution in [2.75, 3.05) is 6.26 Å². The fourth-order valence-corrected chi connectivity index (χ4v) is 6.18. The van der Waals surface area contributed by atoms with Crippen molar-refractivity contribution in [2.45, 2.75) is 0 Å². The zero-order valence-electron chi connectivity index (χ0n) is 9.04. The Hall–Kier alpha value is -0.560. The summed E-state index contributed by atoms with van der Waals surface area (Å²) in [5.74, 6) is 0. The Kier molecular flexibility index (Phi) is 3.86. The summed E-state index contributed by atoms with van der Waals surface area (Å²) >= 11 is 7.71. The van der Waals surface area contributed by atoms with Gasteiger partial charge in [0.2, 0.25) is 0 Å². The van der Waals surface area contributed by atoms with Gasteiger partial charge in [0.15, 0.2) is 0 Å². The molecule has 3 heteroatoms. The van der Waals surface area contributed by atoms with Gasteiger partial charge in [-0.15, -0.1) is 11.4 Å². The van der Waals surface area contributed by atoms with Gasteiger partial charge >= 0.3 is 0 Å². The highest BCUT2D eigenvalue weighted by atomic mass is 32.9. The topological polar surface area (TPSA) is 0 Å². The van der Waals surface area contributed by atoms with Gasteiger partial charge in [-0.2, -0.15) is 0 Å². The van der Waals surface area contributed by atoms with Crippen LogP contribution >= 0.6 is 16.6 Å². The van der Waals surface area contributed by atoms with Gasteiger partial charge in [-0.1, -0.05) is 72.5 Å². The van der Waals surface area contributed by atoms with Gasteiger partial charge in [0, 0.05) is 0 Å². The molecule has 0 fully saturated rings. The first-order valence-electron chi connectivity index (χ1n) is 5.04. The van der Waals surface area contributed by atoms with E-state index in [-0.39, 0.29) is 0 Å². The molecule has 0 nitrogen and oxygen atoms in total. The quantitative estimate of drug-likeness (QED) is 0.779. The van der Waals surface area contributed by atoms with Crippen LogP contribution in [0.5, 0.6) is 0 Å². The molecule has 0 unspecified atom stereocenters. The predicted molar refractivity (Wildman–Crippen MR) is 80.0 cm³/mol. The molecule has 0 saturated heterocycles. The van der Waals surface area contributed by atoms with Crippen molar-refractivity contribution in [3.8, 4) is 0 Å². The second-order valence-electron chi connectivity index (χ2n) is 3.41. The molecule has 0 aliphatic rings. The van der Waals surface area contributed by atoms with E-state index in [2.05, 4.69) is 54.8 Å². The maximum absolute atomic E-state index is 5.91. The van der Waals surface area contributed by atoms with Crippen LogP contribution in [0.25, 0.3) is 0 Å². The molecule has 0 aromatic heterocycles. The van der Waals surface area contributed by atoms with Crippen LogP contribution < -0.4 is 10.6 Å². The molecule has 0 spiro atoms. The molecular weight excluding hydrogens is 251 g/mol. The van der Waals surface area contributed by atoms with Gasteiger partial charge in [0.25, 0.3) is 0 Å². The molecule has 2 aromatic carbocycles. The zero-order valence-corrected chi connectivity index (χ0v) is 11.6. The van der Waals surface area contributed by atoms with E-state index in [1.54, 1.807) is 11.4 Å². The minimum Gasteiger partial charge on any atom is -0.119 e. The molecule has 0 bridgehead atoms. The van der Waals surface area contributed by atoms with Gasteiger partial charge in [-0.25, -0.2) is 0 Å². The van der Waals surface area contributed by atoms with E-state index < -0.39 is 5.24 Å². The van der Waals surface area contributed by atoms with Crippen molar-refractivity contribution in [1.82, 2.24) is 0 Å². The lowest BCUT2D eigenvalue weighted by molar-refractivity contribution is 1.76. The average molecular weight is 264 g/mol. The minimum absolute atomic E-state index is 1.28. The molecule has 82 valence electrons. The number of rotatable bonds is 3. The van der Waals surface area contributed by atoms with Crippen molar-refractivity contribution < 1.29 is 0 Å². The fourth-order valence-electron chi connectivity index (χ4n) is 1.61. The predicted octanol–water partition coefficient (Wildman–Crippen LogP) is 3.39. The summed E-state index contributed by atoms with van der Waals surface area (Å²) in [6, 6.07) is 20.9. The Morgan fingerprint density at radius 2 is 1.19 bits per heavy atom. The Morgan fingerprint density at radius 1 is 0.812 bits per heavy atom. The summed E-state index contributed by atoms with van der Waals surface area (Å²) in [6.07, 6.45) is 2.11. The van der Waals surface area contributed by atoms with Crippen molar-refractivity contribution in [1.29, 1.82) is 0 Å². The standard InChI is InChI=1S/C13H13PS2/c1-16-14(15,12-8-4-2-5-9-12)13-10-6-3-7-11-13/h2-11H,1H3. The molecule has 0 aliphatic carbocycles. The van der Waals surface area contributed by atoms with E-state index in [0.717, 1.165) is 0 Å². The Morgan fingerprint density at radius 3 is 1.50 bits per heavy atom. The zero-order chi connectivity index (χ0) is 11.4. The van der Waals surface area contributed by atoms with Gasteiger partial charge in [0.1, 0.15) is 0 Å². The minimum atomic E-state index is -1.65. The normalized spacial score (nSPS) is 11.3. The number of hydrogen-bond donors (Lipinski definition) is 0. The number of benzene rings is 2. The SMILES string of the molecule is CSP(=S)(c1ccccc1)c1ccccc1. The Balaban J connectivity index is 2.54. The van der Waals surface area contributed by atoms with Gasteiger partial charge in [0.05, 0.1) is 5.24 Å². The average Bonchev–Trinajstić information content (AvgIpc) is 2.40. The maximum atomic E-state index is 5.91. The molecule has 2 rings (SSSR count). The largest absolute Gasteiger partial charge is 0.119 e. The van der Waals surface area contributed by atoms with Crippen molar-refractivity contribution >= 4 is 39.0 Å². The van der Waals surface area contributed by atoms with Crippen LogP contribution in [-0.2, 0) is 11.8 Å². The van der Waals surface area contributed by atoms with Gasteiger partial charge in [-0.05, 0) is 16.9 Å². The van der Waals surface area contributed by atoms with E-state index in [1.807, 2.05) is 12.1 Å². The molecule has 0 heterocycles. The molecule has 16 heavy (non-hydrogen) atoms. The molecular formula is C13H13PS2. The first-order valence-corrected chi connectivity index (χ1v) is 9.67. The summed E-state index contributed by atoms with van der Waals surface area (Å²) in [4.78, 5) is 0. The van der Waals surface area contributed by atoms with Crippen LogP contribution in [0.2, 0.25) is 0 Å². The van der Waals surface area contributed by atoms with Crippen LogP contribution in [0.4, 0.5) is 0 Å². The molecule has 0 radical (unpaired) electrons. The Labute approximate surface area is 106 Å². The highest BCUT2D eigenvalue weighted by molar-refractivity contribution is 8.75. The first-order chi connectivity index (χ1) is 7.77. The second-order valence-corrected chi connectivity index (χ2v) is 11.0. The van der Waals surface area contributed by atoms with E-state index in [9.17, 15) is 0 Å². The van der Waals surface area contributed by atoms with Gasteiger partial charge in [-0.3, -0.25) is 0 Å². The smallest absolute Gasteiger partial charge is 0.0610 e. The number of hydrogen-bond acceptors (Lipinski definition) is 2. The lowest BCUT2D eigenvalue weighted by Gasteiger charge is -2.20. The molecule has 0 N–H and O–H groups in total.